The standard InChI is InChI=1S/C9H6O6.C5H10NO7P.Mg.Ni.2H/c10-7(11)4-1-5(8(12)13)3-6(2-4)9(14)15;7-4(8)1-6(2-5(9)10)3-14(11,12)13;;;;/h1-3H,(H,10,11)(H,12,13)(H,14,15);1-3H2,(H,7,8)(H,9,10)(H2,11,12,13);;;;. The summed E-state index contributed by atoms with van der Waals surface area (Å²) in [4.78, 5) is 69.7. The van der Waals surface area contributed by atoms with Gasteiger partial charge in [-0.15, -0.1) is 0 Å². The van der Waals surface area contributed by atoms with Crippen LogP contribution in [-0.4, -0.2) is 112 Å². The van der Waals surface area contributed by atoms with E-state index in [1.54, 1.807) is 0 Å². The summed E-state index contributed by atoms with van der Waals surface area (Å²) in [5, 5.41) is 42.4. The van der Waals surface area contributed by atoms with E-state index in [4.69, 9.17) is 35.3 Å². The van der Waals surface area contributed by atoms with Gasteiger partial charge in [-0.2, -0.15) is 0 Å². The molecule has 14 nitrogen and oxygen atoms in total. The Hall–Kier alpha value is -2.06. The number of rotatable bonds is 9. The van der Waals surface area contributed by atoms with Gasteiger partial charge in [0.15, 0.2) is 0 Å². The number of nitrogens with zero attached hydrogens (tertiary/aromatic N) is 1. The molecule has 0 aliphatic rings. The molecule has 31 heavy (non-hydrogen) atoms. The van der Waals surface area contributed by atoms with Gasteiger partial charge >= 0.3 is 60.5 Å². The van der Waals surface area contributed by atoms with Crippen molar-refractivity contribution >= 4 is 60.5 Å². The van der Waals surface area contributed by atoms with Crippen LogP contribution in [0.25, 0.3) is 0 Å². The third kappa shape index (κ3) is 15.4. The number of aliphatic carboxylic acids is 2. The average molecular weight is 522 g/mol. The maximum Gasteiger partial charge on any atom is 0.339 e. The van der Waals surface area contributed by atoms with Crippen molar-refractivity contribution in [2.24, 2.45) is 0 Å². The minimum Gasteiger partial charge on any atom is -0.480 e. The van der Waals surface area contributed by atoms with Gasteiger partial charge in [-0.3, -0.25) is 19.1 Å². The van der Waals surface area contributed by atoms with Crippen LogP contribution in [0.5, 0.6) is 0 Å². The molecule has 1 aromatic rings. The normalized spacial score (nSPS) is 9.90. The molecule has 0 aromatic heterocycles. The zero-order chi connectivity index (χ0) is 22.9. The van der Waals surface area contributed by atoms with Crippen molar-refractivity contribution in [3.63, 3.8) is 0 Å². The summed E-state index contributed by atoms with van der Waals surface area (Å²) in [5.41, 5.74) is -1.10. The zero-order valence-electron chi connectivity index (χ0n) is 14.6. The number of carbonyl (C=O) groups is 5. The molecule has 0 unspecified atom stereocenters. The molecular weight excluding hydrogens is 504 g/mol. The van der Waals surface area contributed by atoms with Crippen LogP contribution in [0.4, 0.5) is 0 Å². The Morgan fingerprint density at radius 1 is 0.710 bits per heavy atom. The minimum absolute atomic E-state index is 0. The van der Waals surface area contributed by atoms with E-state index in [1.165, 1.54) is 0 Å². The first-order valence-electron chi connectivity index (χ1n) is 7.18. The largest absolute Gasteiger partial charge is 0.480 e. The molecule has 0 fully saturated rings. The van der Waals surface area contributed by atoms with Gasteiger partial charge in [-0.1, -0.05) is 0 Å². The van der Waals surface area contributed by atoms with Crippen LogP contribution >= 0.6 is 7.60 Å². The first kappa shape index (κ1) is 33.6. The third-order valence-electron chi connectivity index (χ3n) is 2.78. The van der Waals surface area contributed by atoms with Crippen LogP contribution in [-0.2, 0) is 30.6 Å². The molecule has 0 saturated heterocycles. The minimum atomic E-state index is -4.44. The molecule has 0 radical (unpaired) electrons. The molecule has 0 aliphatic carbocycles. The number of benzene rings is 1. The summed E-state index contributed by atoms with van der Waals surface area (Å²) in [6.45, 7) is -1.45. The molecule has 1 rings (SSSR count). The van der Waals surface area contributed by atoms with Crippen LogP contribution in [0.15, 0.2) is 18.2 Å². The van der Waals surface area contributed by atoms with Crippen molar-refractivity contribution < 1.29 is 80.3 Å². The van der Waals surface area contributed by atoms with Gasteiger partial charge in [-0.05, 0) is 18.2 Å². The molecule has 0 amide bonds. The zero-order valence-corrected chi connectivity index (χ0v) is 16.5. The van der Waals surface area contributed by atoms with E-state index in [9.17, 15) is 28.5 Å². The second kappa shape index (κ2) is 14.9. The van der Waals surface area contributed by atoms with Crippen molar-refractivity contribution in [2.75, 3.05) is 19.4 Å². The van der Waals surface area contributed by atoms with E-state index >= 15 is 0 Å². The van der Waals surface area contributed by atoms with Gasteiger partial charge in [0.2, 0.25) is 0 Å². The SMILES string of the molecule is O=C(O)CN(CC(=O)O)CP(=O)(O)O.O=C(O)c1cc(C(=O)O)cc(C(=O)O)c1.[MgH2].[Ni]. The fraction of sp³-hybridized carbons (Fsp3) is 0.214. The molecule has 0 saturated carbocycles. The van der Waals surface area contributed by atoms with Gasteiger partial charge in [0.1, 0.15) is 6.29 Å². The summed E-state index contributed by atoms with van der Waals surface area (Å²) in [6, 6.07) is 2.70. The Bertz CT molecular complexity index is 777. The van der Waals surface area contributed by atoms with Gasteiger partial charge in [0.25, 0.3) is 0 Å². The second-order valence-corrected chi connectivity index (χ2v) is 6.91. The van der Waals surface area contributed by atoms with Crippen LogP contribution in [0.2, 0.25) is 0 Å². The van der Waals surface area contributed by atoms with Crippen molar-refractivity contribution in [1.82, 2.24) is 4.90 Å². The molecule has 0 bridgehead atoms. The first-order valence-corrected chi connectivity index (χ1v) is 8.97. The smallest absolute Gasteiger partial charge is 0.339 e. The van der Waals surface area contributed by atoms with E-state index in [1.807, 2.05) is 0 Å². The van der Waals surface area contributed by atoms with Gasteiger partial charge in [-0.25, -0.2) is 14.4 Å². The van der Waals surface area contributed by atoms with E-state index in [2.05, 4.69) is 0 Å². The summed E-state index contributed by atoms with van der Waals surface area (Å²) in [7, 11) is -4.44. The summed E-state index contributed by atoms with van der Waals surface area (Å²) in [6.07, 6.45) is -0.883. The van der Waals surface area contributed by atoms with E-state index in [-0.39, 0.29) is 56.2 Å². The number of hydrogen-bond acceptors (Lipinski definition) is 7. The van der Waals surface area contributed by atoms with Gasteiger partial charge < -0.3 is 35.3 Å². The second-order valence-electron chi connectivity index (χ2n) is 5.30. The fourth-order valence-electron chi connectivity index (χ4n) is 1.80. The van der Waals surface area contributed by atoms with Crippen molar-refractivity contribution in [2.45, 2.75) is 0 Å². The fourth-order valence-corrected chi connectivity index (χ4v) is 2.52. The van der Waals surface area contributed by atoms with E-state index in [0.29, 0.717) is 4.90 Å². The van der Waals surface area contributed by atoms with Gasteiger partial charge in [0, 0.05) is 16.5 Å². The summed E-state index contributed by atoms with van der Waals surface area (Å²) < 4.78 is 10.5. The Kier molecular flexibility index (Phi) is 16.1. The van der Waals surface area contributed by atoms with E-state index in [0.717, 1.165) is 18.2 Å². The topological polar surface area (TPSA) is 247 Å². The Labute approximate surface area is 199 Å². The van der Waals surface area contributed by atoms with Crippen LogP contribution in [0, 0.1) is 0 Å². The Balaban J connectivity index is -0.000000477. The quantitative estimate of drug-likeness (QED) is 0.143. The van der Waals surface area contributed by atoms with Gasteiger partial charge in [0.05, 0.1) is 29.8 Å². The Morgan fingerprint density at radius 2 is 0.968 bits per heavy atom. The summed E-state index contributed by atoms with van der Waals surface area (Å²) >= 11 is 0. The molecule has 17 heteroatoms. The molecule has 174 valence electrons. The maximum absolute atomic E-state index is 10.6. The predicted octanol–water partition coefficient (Wildman–Crippen LogP) is -1.54. The Morgan fingerprint density at radius 3 is 1.13 bits per heavy atom. The first-order chi connectivity index (χ1) is 13.1. The molecule has 7 N–H and O–H groups in total. The molecule has 1 aromatic carbocycles. The van der Waals surface area contributed by atoms with Crippen LogP contribution in [0.3, 0.4) is 0 Å². The molecule has 0 atom stereocenters. The molecular formula is C14H18MgNNiO13P. The van der Waals surface area contributed by atoms with E-state index < -0.39 is 56.8 Å². The number of aromatic carboxylic acids is 3. The maximum atomic E-state index is 10.6. The third-order valence-corrected chi connectivity index (χ3v) is 3.54. The number of carboxylic acid groups (broad SMARTS) is 5. The predicted molar refractivity (Wildman–Crippen MR) is 99.6 cm³/mol. The van der Waals surface area contributed by atoms with Crippen molar-refractivity contribution in [1.29, 1.82) is 0 Å². The average Bonchev–Trinajstić information content (AvgIpc) is 2.51. The van der Waals surface area contributed by atoms with Crippen molar-refractivity contribution in [3.05, 3.63) is 34.9 Å². The van der Waals surface area contributed by atoms with Crippen LogP contribution < -0.4 is 0 Å². The molecule has 0 heterocycles. The summed E-state index contributed by atoms with van der Waals surface area (Å²) in [5.74, 6) is -6.82. The molecule has 0 spiro atoms. The van der Waals surface area contributed by atoms with Crippen LogP contribution in [0.1, 0.15) is 31.1 Å². The monoisotopic (exact) mass is 521 g/mol. The van der Waals surface area contributed by atoms with Crippen molar-refractivity contribution in [3.8, 4) is 0 Å². The number of carboxylic acids is 5. The molecule has 0 aliphatic heterocycles. The number of hydrogen-bond donors (Lipinski definition) is 7.